The molecule has 0 saturated carbocycles. The third-order valence-electron chi connectivity index (χ3n) is 3.80. The van der Waals surface area contributed by atoms with Crippen molar-refractivity contribution in [3.05, 3.63) is 44.9 Å². The van der Waals surface area contributed by atoms with Gasteiger partial charge in [-0.2, -0.15) is 0 Å². The van der Waals surface area contributed by atoms with E-state index in [0.29, 0.717) is 6.54 Å². The van der Waals surface area contributed by atoms with Crippen LogP contribution in [0.4, 0.5) is 0 Å². The Morgan fingerprint density at radius 2 is 2.00 bits per heavy atom. The van der Waals surface area contributed by atoms with Crippen LogP contribution >= 0.6 is 0 Å². The molecule has 0 saturated heterocycles. The summed E-state index contributed by atoms with van der Waals surface area (Å²) in [4.78, 5) is 23.9. The Morgan fingerprint density at radius 3 is 2.65 bits per heavy atom. The molecule has 2 N–H and O–H groups in total. The van der Waals surface area contributed by atoms with Crippen molar-refractivity contribution in [1.29, 1.82) is 0 Å². The largest absolute Gasteiger partial charge is 0.365 e. The zero-order valence-corrected chi connectivity index (χ0v) is 12.2. The first-order valence-corrected chi connectivity index (χ1v) is 7.19. The van der Waals surface area contributed by atoms with Gasteiger partial charge in [0.05, 0.1) is 0 Å². The molecule has 0 fully saturated rings. The van der Waals surface area contributed by atoms with Crippen LogP contribution in [-0.4, -0.2) is 10.5 Å². The van der Waals surface area contributed by atoms with E-state index < -0.39 is 5.91 Å². The first-order chi connectivity index (χ1) is 9.50. The maximum atomic E-state index is 12.4. The van der Waals surface area contributed by atoms with Crippen LogP contribution in [-0.2, 0) is 19.4 Å². The number of aromatic nitrogens is 1. The monoisotopic (exact) mass is 274 g/mol. The summed E-state index contributed by atoms with van der Waals surface area (Å²) in [6, 6.07) is 1.71. The van der Waals surface area contributed by atoms with Crippen LogP contribution in [0.25, 0.3) is 0 Å². The van der Waals surface area contributed by atoms with Crippen molar-refractivity contribution in [3.8, 4) is 0 Å². The summed E-state index contributed by atoms with van der Waals surface area (Å²) in [5.74, 6) is -0.631. The lowest BCUT2D eigenvalue weighted by molar-refractivity contribution is 0.0998. The fourth-order valence-electron chi connectivity index (χ4n) is 2.70. The average Bonchev–Trinajstić information content (AvgIpc) is 2.61. The molecule has 1 heterocycles. The van der Waals surface area contributed by atoms with Gasteiger partial charge in [-0.3, -0.25) is 9.59 Å². The minimum absolute atomic E-state index is 0.118. The molecule has 0 spiro atoms. The maximum Gasteiger partial charge on any atom is 0.263 e. The number of nitrogens with zero attached hydrogens (tertiary/aromatic N) is 1. The number of nitrogens with two attached hydrogens (primary N) is 1. The van der Waals surface area contributed by atoms with E-state index >= 15 is 0 Å². The van der Waals surface area contributed by atoms with E-state index in [1.807, 2.05) is 19.9 Å². The molecule has 0 radical (unpaired) electrons. The summed E-state index contributed by atoms with van der Waals surface area (Å²) in [5, 5.41) is 0. The second kappa shape index (κ2) is 6.07. The molecule has 0 unspecified atom stereocenters. The number of primary amides is 1. The van der Waals surface area contributed by atoms with Crippen molar-refractivity contribution < 1.29 is 4.79 Å². The quantitative estimate of drug-likeness (QED) is 0.678. The molecule has 2 rings (SSSR count). The van der Waals surface area contributed by atoms with Gasteiger partial charge in [0, 0.05) is 12.2 Å². The Kier molecular flexibility index (Phi) is 4.42. The summed E-state index contributed by atoms with van der Waals surface area (Å²) in [6.07, 6.45) is 7.20. The molecule has 20 heavy (non-hydrogen) atoms. The lowest BCUT2D eigenvalue weighted by Crippen LogP contribution is -2.32. The lowest BCUT2D eigenvalue weighted by Gasteiger charge is -2.15. The SMILES string of the molecule is CC(C)=CCn1c2c(cc(C(N)=O)c1=O)CCCCC2. The topological polar surface area (TPSA) is 65.1 Å². The number of carbonyl (C=O) groups is 1. The molecular formula is C16H22N2O2. The fourth-order valence-corrected chi connectivity index (χ4v) is 2.70. The summed E-state index contributed by atoms with van der Waals surface area (Å²) in [7, 11) is 0. The molecule has 1 aromatic heterocycles. The van der Waals surface area contributed by atoms with Gasteiger partial charge < -0.3 is 10.3 Å². The zero-order chi connectivity index (χ0) is 14.7. The summed E-state index contributed by atoms with van der Waals surface area (Å²) >= 11 is 0. The number of allylic oxidation sites excluding steroid dienone is 2. The Morgan fingerprint density at radius 1 is 1.30 bits per heavy atom. The van der Waals surface area contributed by atoms with Crippen LogP contribution < -0.4 is 11.3 Å². The molecule has 0 bridgehead atoms. The minimum Gasteiger partial charge on any atom is -0.365 e. The highest BCUT2D eigenvalue weighted by molar-refractivity contribution is 5.92. The number of rotatable bonds is 3. The molecule has 1 aliphatic carbocycles. The van der Waals surface area contributed by atoms with E-state index in [-0.39, 0.29) is 11.1 Å². The van der Waals surface area contributed by atoms with Gasteiger partial charge in [-0.25, -0.2) is 0 Å². The van der Waals surface area contributed by atoms with E-state index in [4.69, 9.17) is 5.73 Å². The highest BCUT2D eigenvalue weighted by Gasteiger charge is 2.18. The highest BCUT2D eigenvalue weighted by atomic mass is 16.2. The Balaban J connectivity index is 2.61. The van der Waals surface area contributed by atoms with Crippen molar-refractivity contribution in [2.24, 2.45) is 5.73 Å². The van der Waals surface area contributed by atoms with Crippen molar-refractivity contribution in [2.75, 3.05) is 0 Å². The lowest BCUT2D eigenvalue weighted by atomic mass is 10.0. The Bertz CT molecular complexity index is 608. The molecular weight excluding hydrogens is 252 g/mol. The van der Waals surface area contributed by atoms with E-state index in [9.17, 15) is 9.59 Å². The Hall–Kier alpha value is -1.84. The average molecular weight is 274 g/mol. The predicted molar refractivity (Wildman–Crippen MR) is 79.9 cm³/mol. The van der Waals surface area contributed by atoms with Gasteiger partial charge in [-0.1, -0.05) is 18.1 Å². The number of pyridine rings is 1. The number of hydrogen-bond acceptors (Lipinski definition) is 2. The van der Waals surface area contributed by atoms with Crippen LogP contribution in [0.3, 0.4) is 0 Å². The van der Waals surface area contributed by atoms with E-state index in [0.717, 1.165) is 48.9 Å². The molecule has 0 aliphatic heterocycles. The van der Waals surface area contributed by atoms with E-state index in [2.05, 4.69) is 0 Å². The van der Waals surface area contributed by atoms with E-state index in [1.165, 1.54) is 0 Å². The molecule has 0 atom stereocenters. The van der Waals surface area contributed by atoms with Crippen LogP contribution in [0.15, 0.2) is 22.5 Å². The highest BCUT2D eigenvalue weighted by Crippen LogP contribution is 2.20. The van der Waals surface area contributed by atoms with Crippen molar-refractivity contribution in [1.82, 2.24) is 4.57 Å². The van der Waals surface area contributed by atoms with Crippen LogP contribution in [0.1, 0.15) is 54.7 Å². The third kappa shape index (κ3) is 3.00. The first kappa shape index (κ1) is 14.6. The van der Waals surface area contributed by atoms with E-state index in [1.54, 1.807) is 10.6 Å². The smallest absolute Gasteiger partial charge is 0.263 e. The van der Waals surface area contributed by atoms with Gasteiger partial charge in [0.25, 0.3) is 11.5 Å². The first-order valence-electron chi connectivity index (χ1n) is 7.19. The number of fused-ring (bicyclic) bond motifs is 1. The number of amides is 1. The summed E-state index contributed by atoms with van der Waals surface area (Å²) in [6.45, 7) is 4.52. The van der Waals surface area contributed by atoms with Gasteiger partial charge in [0.2, 0.25) is 0 Å². The fraction of sp³-hybridized carbons (Fsp3) is 0.500. The molecule has 1 aromatic rings. The van der Waals surface area contributed by atoms with Gasteiger partial charge in [-0.15, -0.1) is 0 Å². The van der Waals surface area contributed by atoms with Crippen LogP contribution in [0.5, 0.6) is 0 Å². The second-order valence-electron chi connectivity index (χ2n) is 5.65. The maximum absolute atomic E-state index is 12.4. The van der Waals surface area contributed by atoms with Gasteiger partial charge in [0.15, 0.2) is 0 Å². The molecule has 108 valence electrons. The van der Waals surface area contributed by atoms with Crippen molar-refractivity contribution in [3.63, 3.8) is 0 Å². The molecule has 4 heteroatoms. The number of hydrogen-bond donors (Lipinski definition) is 1. The minimum atomic E-state index is -0.631. The summed E-state index contributed by atoms with van der Waals surface area (Å²) in [5.41, 5.74) is 8.55. The molecule has 4 nitrogen and oxygen atoms in total. The van der Waals surface area contributed by atoms with Gasteiger partial charge in [-0.05, 0) is 51.2 Å². The van der Waals surface area contributed by atoms with Crippen molar-refractivity contribution in [2.45, 2.75) is 52.5 Å². The van der Waals surface area contributed by atoms with Crippen LogP contribution in [0, 0.1) is 0 Å². The van der Waals surface area contributed by atoms with Crippen LogP contribution in [0.2, 0.25) is 0 Å². The Labute approximate surface area is 119 Å². The molecule has 1 aliphatic rings. The standard InChI is InChI=1S/C16H22N2O2/c1-11(2)8-9-18-14-7-5-3-4-6-12(14)10-13(15(17)19)16(18)20/h8,10H,3-7,9H2,1-2H3,(H2,17,19). The summed E-state index contributed by atoms with van der Waals surface area (Å²) < 4.78 is 1.73. The number of aryl methyl sites for hydroxylation is 1. The third-order valence-corrected chi connectivity index (χ3v) is 3.80. The number of carbonyl (C=O) groups excluding carboxylic acids is 1. The van der Waals surface area contributed by atoms with Gasteiger partial charge in [0.1, 0.15) is 5.56 Å². The van der Waals surface area contributed by atoms with Gasteiger partial charge >= 0.3 is 0 Å². The predicted octanol–water partition coefficient (Wildman–Crippen LogP) is 2.18. The molecule has 0 aromatic carbocycles. The second-order valence-corrected chi connectivity index (χ2v) is 5.65. The zero-order valence-electron chi connectivity index (χ0n) is 12.2. The normalized spacial score (nSPS) is 14.3. The molecule has 1 amide bonds. The van der Waals surface area contributed by atoms with Crippen molar-refractivity contribution >= 4 is 5.91 Å².